The zero-order chi connectivity index (χ0) is 30.4. The Morgan fingerprint density at radius 2 is 1.83 bits per heavy atom. The number of nitrogens with zero attached hydrogens (tertiary/aromatic N) is 3. The Bertz CT molecular complexity index is 1730. The lowest BCUT2D eigenvalue weighted by Gasteiger charge is -2.33. The minimum absolute atomic E-state index is 0.136. The van der Waals surface area contributed by atoms with Gasteiger partial charge in [-0.3, -0.25) is 9.99 Å². The highest BCUT2D eigenvalue weighted by Crippen LogP contribution is 2.41. The van der Waals surface area contributed by atoms with Gasteiger partial charge in [-0.15, -0.1) is 5.53 Å². The summed E-state index contributed by atoms with van der Waals surface area (Å²) < 4.78 is 23.6. The normalized spacial score (nSPS) is 17.5. The van der Waals surface area contributed by atoms with Crippen LogP contribution in [0.1, 0.15) is 63.7 Å². The first-order valence-corrected chi connectivity index (χ1v) is 14.3. The third-order valence-corrected chi connectivity index (χ3v) is 7.82. The van der Waals surface area contributed by atoms with Crippen molar-refractivity contribution in [1.82, 2.24) is 21.0 Å². The molecular weight excluding hydrogens is 549 g/mol. The summed E-state index contributed by atoms with van der Waals surface area (Å²) in [5, 5.41) is 20.1. The van der Waals surface area contributed by atoms with E-state index in [9.17, 15) is 11.0 Å². The molecule has 0 amide bonds. The molecule has 1 fully saturated rings. The summed E-state index contributed by atoms with van der Waals surface area (Å²) in [5.74, 6) is -0.386. The summed E-state index contributed by atoms with van der Waals surface area (Å²) in [4.78, 5) is 4.52. The molecule has 0 bridgehead atoms. The van der Waals surface area contributed by atoms with Crippen LogP contribution < -0.4 is 21.6 Å². The van der Waals surface area contributed by atoms with Crippen molar-refractivity contribution in [2.45, 2.75) is 51.7 Å². The summed E-state index contributed by atoms with van der Waals surface area (Å²) in [6.07, 6.45) is 5.54. The molecule has 1 aromatic heterocycles. The second-order valence-corrected chi connectivity index (χ2v) is 12.2. The maximum atomic E-state index is 13.9. The second-order valence-electron chi connectivity index (χ2n) is 11.8. The van der Waals surface area contributed by atoms with Crippen LogP contribution in [0.3, 0.4) is 0 Å². The lowest BCUT2D eigenvalue weighted by molar-refractivity contribution is 0.260. The molecular formula is C33H33ClFN7. The number of nitrogens with one attached hydrogen (secondary N) is 4. The quantitative estimate of drug-likeness (QED) is 0.170. The topological polar surface area (TPSA) is 88.0 Å². The van der Waals surface area contributed by atoms with Crippen LogP contribution in [0.4, 0.5) is 15.8 Å². The van der Waals surface area contributed by atoms with Crippen molar-refractivity contribution >= 4 is 33.9 Å². The molecule has 2 aliphatic rings. The first-order chi connectivity index (χ1) is 20.6. The maximum Gasteiger partial charge on any atom is 0.123 e. The zero-order valence-corrected chi connectivity index (χ0v) is 24.4. The molecule has 1 aliphatic carbocycles. The molecule has 9 heteroatoms. The number of aromatic nitrogens is 1. The number of hydrazine groups is 2. The summed E-state index contributed by atoms with van der Waals surface area (Å²) in [7, 11) is 0. The van der Waals surface area contributed by atoms with E-state index in [-0.39, 0.29) is 17.3 Å². The first kappa shape index (κ1) is 26.6. The third kappa shape index (κ3) is 5.71. The predicted molar refractivity (Wildman–Crippen MR) is 166 cm³/mol. The van der Waals surface area contributed by atoms with Crippen LogP contribution in [0.5, 0.6) is 0 Å². The molecule has 7 nitrogen and oxygen atoms in total. The predicted octanol–water partition coefficient (Wildman–Crippen LogP) is 7.58. The van der Waals surface area contributed by atoms with Crippen LogP contribution in [0.2, 0.25) is 5.02 Å². The van der Waals surface area contributed by atoms with E-state index in [0.29, 0.717) is 50.2 Å². The van der Waals surface area contributed by atoms with Crippen molar-refractivity contribution in [2.24, 2.45) is 5.41 Å². The van der Waals surface area contributed by atoms with E-state index in [0.717, 1.165) is 18.4 Å². The molecule has 0 spiro atoms. The minimum Gasteiger partial charge on any atom is -0.376 e. The summed E-state index contributed by atoms with van der Waals surface area (Å²) in [6, 6.07) is 20.5. The molecule has 4 aromatic rings. The molecule has 1 aliphatic heterocycles. The first-order valence-electron chi connectivity index (χ1n) is 14.5. The van der Waals surface area contributed by atoms with Crippen molar-refractivity contribution in [3.63, 3.8) is 0 Å². The number of hydrogen-bond donors (Lipinski definition) is 4. The highest BCUT2D eigenvalue weighted by molar-refractivity contribution is 6.35. The maximum absolute atomic E-state index is 13.9. The van der Waals surface area contributed by atoms with Crippen LogP contribution in [0.15, 0.2) is 84.8 Å². The van der Waals surface area contributed by atoms with Crippen LogP contribution in [-0.4, -0.2) is 16.0 Å². The highest BCUT2D eigenvalue weighted by Gasteiger charge is 2.32. The number of anilines is 2. The molecule has 6 rings (SSSR count). The smallest absolute Gasteiger partial charge is 0.123 e. The van der Waals surface area contributed by atoms with E-state index in [1.165, 1.54) is 18.3 Å². The summed E-state index contributed by atoms with van der Waals surface area (Å²) in [5.41, 5.74) is 10.3. The molecule has 42 heavy (non-hydrogen) atoms. The Hall–Kier alpha value is -4.32. The Labute approximate surface area is 251 Å². The lowest BCUT2D eigenvalue weighted by Crippen LogP contribution is -2.38. The van der Waals surface area contributed by atoms with Gasteiger partial charge in [0.05, 0.1) is 40.9 Å². The molecule has 2 atom stereocenters. The molecule has 4 N–H and O–H groups in total. The van der Waals surface area contributed by atoms with Crippen molar-refractivity contribution in [3.05, 3.63) is 112 Å². The number of halogens is 2. The van der Waals surface area contributed by atoms with E-state index >= 15 is 0 Å². The number of pyridine rings is 1. The monoisotopic (exact) mass is 582 g/mol. The van der Waals surface area contributed by atoms with Crippen LogP contribution >= 0.6 is 11.6 Å². The molecule has 214 valence electrons. The van der Waals surface area contributed by atoms with E-state index in [4.69, 9.17) is 11.6 Å². The van der Waals surface area contributed by atoms with E-state index < -0.39 is 6.02 Å². The van der Waals surface area contributed by atoms with Gasteiger partial charge in [-0.05, 0) is 53.6 Å². The fourth-order valence-electron chi connectivity index (χ4n) is 5.22. The molecule has 2 heterocycles. The number of rotatable bonds is 8. The van der Waals surface area contributed by atoms with Gasteiger partial charge in [0.15, 0.2) is 0 Å². The molecule has 3 aromatic carbocycles. The van der Waals surface area contributed by atoms with Gasteiger partial charge in [-0.2, -0.15) is 5.26 Å². The molecule has 1 saturated carbocycles. The average molecular weight is 583 g/mol. The highest BCUT2D eigenvalue weighted by atomic mass is 35.5. The second kappa shape index (κ2) is 11.2. The Kier molecular flexibility index (Phi) is 7.06. The van der Waals surface area contributed by atoms with Gasteiger partial charge in [0.1, 0.15) is 11.9 Å². The Morgan fingerprint density at radius 3 is 2.50 bits per heavy atom. The van der Waals surface area contributed by atoms with Crippen molar-refractivity contribution in [3.8, 4) is 6.07 Å². The standard InChI is InChI=1S/C33H33ClFN7/c1-33(2,3)32(21-7-5-4-6-8-21)39-29-22(17-36)18-37-31-26(29)15-24(16-27(31)34)38-30(20-9-11-23(35)12-10-20)28-19-42(41-40-28)25-13-14-25/h4-12,15-16,18-19,25,30,32,38,40-41H,13-14H2,1-3H3,(H,37,39)/t30-,32?/m1/s1/i30D. The average Bonchev–Trinajstić information content (AvgIpc) is 3.71. The Balaban J connectivity index is 1.46. The van der Waals surface area contributed by atoms with Crippen molar-refractivity contribution < 1.29 is 5.76 Å². The van der Waals surface area contributed by atoms with Gasteiger partial charge in [-0.1, -0.05) is 74.8 Å². The summed E-state index contributed by atoms with van der Waals surface area (Å²) >= 11 is 6.83. The summed E-state index contributed by atoms with van der Waals surface area (Å²) in [6.45, 7) is 6.43. The molecule has 0 saturated heterocycles. The molecule has 1 unspecified atom stereocenters. The van der Waals surface area contributed by atoms with Gasteiger partial charge >= 0.3 is 0 Å². The van der Waals surface area contributed by atoms with E-state index in [1.807, 2.05) is 35.5 Å². The number of fused-ring (bicyclic) bond motifs is 1. The van der Waals surface area contributed by atoms with Crippen LogP contribution in [-0.2, 0) is 0 Å². The van der Waals surface area contributed by atoms with Crippen molar-refractivity contribution in [2.75, 3.05) is 10.6 Å². The van der Waals surface area contributed by atoms with Gasteiger partial charge in [0.2, 0.25) is 0 Å². The van der Waals surface area contributed by atoms with E-state index in [2.05, 4.69) is 65.6 Å². The molecule has 0 radical (unpaired) electrons. The van der Waals surface area contributed by atoms with Gasteiger partial charge in [0, 0.05) is 29.5 Å². The fourth-order valence-corrected chi connectivity index (χ4v) is 5.49. The van der Waals surface area contributed by atoms with E-state index in [1.54, 1.807) is 18.2 Å². The minimum atomic E-state index is -1.53. The Morgan fingerprint density at radius 1 is 1.10 bits per heavy atom. The van der Waals surface area contributed by atoms with Crippen LogP contribution in [0, 0.1) is 22.6 Å². The number of hydrogen-bond acceptors (Lipinski definition) is 7. The lowest BCUT2D eigenvalue weighted by atomic mass is 9.82. The third-order valence-electron chi connectivity index (χ3n) is 7.53. The van der Waals surface area contributed by atoms with Gasteiger partial charge in [-0.25, -0.2) is 4.39 Å². The zero-order valence-electron chi connectivity index (χ0n) is 24.7. The number of nitriles is 1. The van der Waals surface area contributed by atoms with Crippen LogP contribution in [0.25, 0.3) is 10.9 Å². The fraction of sp³-hybridized carbons (Fsp3) is 0.273. The number of benzene rings is 3. The van der Waals surface area contributed by atoms with Crippen molar-refractivity contribution in [1.29, 1.82) is 5.26 Å². The van der Waals surface area contributed by atoms with Gasteiger partial charge < -0.3 is 16.1 Å². The van der Waals surface area contributed by atoms with Gasteiger partial charge in [0.25, 0.3) is 0 Å². The largest absolute Gasteiger partial charge is 0.376 e. The SMILES string of the molecule is [2H][C@](Nc1cc(Cl)c2ncc(C#N)c(NC(c3ccccc3)C(C)(C)C)c2c1)(C1=CN(C2CC2)NN1)c1ccc(F)cc1.